The molecule has 0 radical (unpaired) electrons. The predicted molar refractivity (Wildman–Crippen MR) is 61.7 cm³/mol. The van der Waals surface area contributed by atoms with E-state index in [0.717, 1.165) is 30.6 Å². The molecule has 0 spiro atoms. The van der Waals surface area contributed by atoms with Gasteiger partial charge in [0.2, 0.25) is 0 Å². The lowest BCUT2D eigenvalue weighted by Crippen LogP contribution is -2.36. The van der Waals surface area contributed by atoms with Crippen molar-refractivity contribution in [1.82, 2.24) is 0 Å². The van der Waals surface area contributed by atoms with Crippen LogP contribution in [0.2, 0.25) is 0 Å². The molecule has 3 nitrogen and oxygen atoms in total. The SMILES string of the molecule is COc1cccc2c1CCCC2(CO)OC. The monoisotopic (exact) mass is 222 g/mol. The van der Waals surface area contributed by atoms with E-state index in [1.54, 1.807) is 14.2 Å². The summed E-state index contributed by atoms with van der Waals surface area (Å²) in [4.78, 5) is 0. The molecule has 0 saturated heterocycles. The second-order valence-corrected chi connectivity index (χ2v) is 4.20. The molecule has 0 fully saturated rings. The fourth-order valence-electron chi connectivity index (χ4n) is 2.57. The lowest BCUT2D eigenvalue weighted by Gasteiger charge is -2.36. The molecule has 1 aliphatic carbocycles. The summed E-state index contributed by atoms with van der Waals surface area (Å²) in [6.45, 7) is 0.0175. The van der Waals surface area contributed by atoms with Crippen LogP contribution < -0.4 is 4.74 Å². The van der Waals surface area contributed by atoms with E-state index in [1.165, 1.54) is 5.56 Å². The molecule has 0 aromatic heterocycles. The van der Waals surface area contributed by atoms with E-state index in [-0.39, 0.29) is 6.61 Å². The summed E-state index contributed by atoms with van der Waals surface area (Å²) >= 11 is 0. The quantitative estimate of drug-likeness (QED) is 0.848. The zero-order chi connectivity index (χ0) is 11.6. The number of hydrogen-bond acceptors (Lipinski definition) is 3. The lowest BCUT2D eigenvalue weighted by atomic mass is 9.79. The third kappa shape index (κ3) is 1.60. The minimum absolute atomic E-state index is 0.0175. The van der Waals surface area contributed by atoms with E-state index < -0.39 is 5.60 Å². The summed E-state index contributed by atoms with van der Waals surface area (Å²) in [6, 6.07) is 5.94. The van der Waals surface area contributed by atoms with Gasteiger partial charge in [0.15, 0.2) is 0 Å². The van der Waals surface area contributed by atoms with Gasteiger partial charge < -0.3 is 14.6 Å². The minimum Gasteiger partial charge on any atom is -0.496 e. The van der Waals surface area contributed by atoms with Crippen LogP contribution in [0.15, 0.2) is 18.2 Å². The molecule has 2 rings (SSSR count). The Bertz CT molecular complexity index is 369. The molecule has 1 N–H and O–H groups in total. The maximum atomic E-state index is 9.59. The molecule has 1 aromatic carbocycles. The van der Waals surface area contributed by atoms with Crippen molar-refractivity contribution in [3.63, 3.8) is 0 Å². The molecule has 1 aromatic rings. The van der Waals surface area contributed by atoms with Crippen LogP contribution in [0, 0.1) is 0 Å². The number of aliphatic hydroxyl groups is 1. The summed E-state index contributed by atoms with van der Waals surface area (Å²) in [5.41, 5.74) is 1.71. The maximum Gasteiger partial charge on any atom is 0.122 e. The Morgan fingerprint density at radius 2 is 2.19 bits per heavy atom. The highest BCUT2D eigenvalue weighted by Crippen LogP contribution is 2.41. The van der Waals surface area contributed by atoms with Gasteiger partial charge in [0.25, 0.3) is 0 Å². The maximum absolute atomic E-state index is 9.59. The Labute approximate surface area is 96.0 Å². The molecule has 0 aliphatic heterocycles. The van der Waals surface area contributed by atoms with Gasteiger partial charge in [0.05, 0.1) is 13.7 Å². The second-order valence-electron chi connectivity index (χ2n) is 4.20. The number of hydrogen-bond donors (Lipinski definition) is 1. The smallest absolute Gasteiger partial charge is 0.122 e. The molecular formula is C13H18O3. The third-order valence-electron chi connectivity index (χ3n) is 3.50. The van der Waals surface area contributed by atoms with E-state index >= 15 is 0 Å². The van der Waals surface area contributed by atoms with E-state index in [0.29, 0.717) is 0 Å². The van der Waals surface area contributed by atoms with Gasteiger partial charge in [-0.05, 0) is 30.9 Å². The van der Waals surface area contributed by atoms with Crippen LogP contribution in [-0.2, 0) is 16.8 Å². The summed E-state index contributed by atoms with van der Waals surface area (Å²) in [5.74, 6) is 0.895. The van der Waals surface area contributed by atoms with Crippen molar-refractivity contribution in [2.75, 3.05) is 20.8 Å². The van der Waals surface area contributed by atoms with Crippen molar-refractivity contribution in [2.45, 2.75) is 24.9 Å². The Morgan fingerprint density at radius 1 is 1.38 bits per heavy atom. The predicted octanol–water partition coefficient (Wildman–Crippen LogP) is 1.87. The van der Waals surface area contributed by atoms with Crippen LogP contribution in [-0.4, -0.2) is 25.9 Å². The molecule has 0 bridgehead atoms. The second kappa shape index (κ2) is 4.44. The first-order valence-electron chi connectivity index (χ1n) is 5.60. The fourth-order valence-corrected chi connectivity index (χ4v) is 2.57. The molecule has 1 atom stereocenters. The minimum atomic E-state index is -0.540. The highest BCUT2D eigenvalue weighted by atomic mass is 16.5. The number of methoxy groups -OCH3 is 2. The van der Waals surface area contributed by atoms with Gasteiger partial charge in [-0.2, -0.15) is 0 Å². The highest BCUT2D eigenvalue weighted by Gasteiger charge is 2.37. The van der Waals surface area contributed by atoms with Crippen LogP contribution in [0.3, 0.4) is 0 Å². The lowest BCUT2D eigenvalue weighted by molar-refractivity contribution is -0.0690. The summed E-state index contributed by atoms with van der Waals surface area (Å²) < 4.78 is 10.9. The first kappa shape index (κ1) is 11.4. The average Bonchev–Trinajstić information content (AvgIpc) is 2.37. The zero-order valence-electron chi connectivity index (χ0n) is 9.82. The Hall–Kier alpha value is -1.06. The average molecular weight is 222 g/mol. The van der Waals surface area contributed by atoms with Gasteiger partial charge in [-0.15, -0.1) is 0 Å². The summed E-state index contributed by atoms with van der Waals surface area (Å²) in [6.07, 6.45) is 2.87. The molecule has 16 heavy (non-hydrogen) atoms. The van der Waals surface area contributed by atoms with Gasteiger partial charge >= 0.3 is 0 Å². The Morgan fingerprint density at radius 3 is 2.81 bits per heavy atom. The number of aliphatic hydroxyl groups excluding tert-OH is 1. The molecule has 0 amide bonds. The van der Waals surface area contributed by atoms with E-state index in [1.807, 2.05) is 18.2 Å². The molecule has 0 saturated carbocycles. The van der Waals surface area contributed by atoms with Gasteiger partial charge in [-0.25, -0.2) is 0 Å². The van der Waals surface area contributed by atoms with Gasteiger partial charge in [0, 0.05) is 12.7 Å². The van der Waals surface area contributed by atoms with Crippen LogP contribution in [0.25, 0.3) is 0 Å². The standard InChI is InChI=1S/C13H18O3/c1-15-12-7-3-6-11-10(12)5-4-8-13(11,9-14)16-2/h3,6-7,14H,4-5,8-9H2,1-2H3. The first-order valence-corrected chi connectivity index (χ1v) is 5.60. The van der Waals surface area contributed by atoms with Crippen LogP contribution >= 0.6 is 0 Å². The van der Waals surface area contributed by atoms with Crippen molar-refractivity contribution in [1.29, 1.82) is 0 Å². The van der Waals surface area contributed by atoms with Crippen LogP contribution in [0.5, 0.6) is 5.75 Å². The van der Waals surface area contributed by atoms with E-state index in [4.69, 9.17) is 9.47 Å². The highest BCUT2D eigenvalue weighted by molar-refractivity contribution is 5.45. The molecule has 1 aliphatic rings. The topological polar surface area (TPSA) is 38.7 Å². The molecular weight excluding hydrogens is 204 g/mol. The van der Waals surface area contributed by atoms with Crippen molar-refractivity contribution in [3.8, 4) is 5.75 Å². The normalized spacial score (nSPS) is 23.9. The van der Waals surface area contributed by atoms with Crippen molar-refractivity contribution >= 4 is 0 Å². The molecule has 1 unspecified atom stereocenters. The van der Waals surface area contributed by atoms with Crippen LogP contribution in [0.4, 0.5) is 0 Å². The van der Waals surface area contributed by atoms with Crippen molar-refractivity contribution < 1.29 is 14.6 Å². The molecule has 0 heterocycles. The number of rotatable bonds is 3. The number of fused-ring (bicyclic) bond motifs is 1. The third-order valence-corrected chi connectivity index (χ3v) is 3.50. The summed E-state index contributed by atoms with van der Waals surface area (Å²) in [5, 5.41) is 9.59. The number of ether oxygens (including phenoxy) is 2. The molecule has 88 valence electrons. The van der Waals surface area contributed by atoms with E-state index in [9.17, 15) is 5.11 Å². The van der Waals surface area contributed by atoms with Crippen LogP contribution in [0.1, 0.15) is 24.0 Å². The first-order chi connectivity index (χ1) is 7.77. The van der Waals surface area contributed by atoms with Crippen molar-refractivity contribution in [2.24, 2.45) is 0 Å². The molecule has 3 heteroatoms. The zero-order valence-corrected chi connectivity index (χ0v) is 9.82. The fraction of sp³-hybridized carbons (Fsp3) is 0.538. The van der Waals surface area contributed by atoms with E-state index in [2.05, 4.69) is 0 Å². The summed E-state index contributed by atoms with van der Waals surface area (Å²) in [7, 11) is 3.34. The Balaban J connectivity index is 2.54. The van der Waals surface area contributed by atoms with Gasteiger partial charge in [0.1, 0.15) is 11.4 Å². The number of benzene rings is 1. The van der Waals surface area contributed by atoms with Gasteiger partial charge in [-0.1, -0.05) is 12.1 Å². The largest absolute Gasteiger partial charge is 0.496 e. The van der Waals surface area contributed by atoms with Crippen molar-refractivity contribution in [3.05, 3.63) is 29.3 Å². The van der Waals surface area contributed by atoms with Gasteiger partial charge in [-0.3, -0.25) is 0 Å². The Kier molecular flexibility index (Phi) is 3.17.